The van der Waals surface area contributed by atoms with Crippen molar-refractivity contribution in [3.05, 3.63) is 455 Å². The first kappa shape index (κ1) is 76.4. The summed E-state index contributed by atoms with van der Waals surface area (Å²) in [6.07, 6.45) is 1.85. The third kappa shape index (κ3) is 13.0. The Morgan fingerprint density at radius 1 is 0.144 bits per heavy atom. The fourth-order valence-corrected chi connectivity index (χ4v) is 19.8. The highest BCUT2D eigenvalue weighted by Crippen LogP contribution is 2.49. The molecule has 0 saturated carbocycles. The smallest absolute Gasteiger partial charge is 0.169 e. The van der Waals surface area contributed by atoms with E-state index in [1.165, 1.54) is 103 Å². The van der Waals surface area contributed by atoms with Crippen LogP contribution < -0.4 is 0 Å². The van der Waals surface area contributed by atoms with E-state index in [0.717, 1.165) is 141 Å². The second-order valence-electron chi connectivity index (χ2n) is 33.3. The topological polar surface area (TPSA) is 136 Å². The number of aromatic nitrogens is 13. The van der Waals surface area contributed by atoms with Crippen LogP contribution in [0.25, 0.3) is 244 Å². The van der Waals surface area contributed by atoms with Crippen molar-refractivity contribution < 1.29 is 0 Å². The minimum Gasteiger partial charge on any atom is -0.275 e. The van der Waals surface area contributed by atoms with Crippen LogP contribution in [0.4, 0.5) is 0 Å². The van der Waals surface area contributed by atoms with Gasteiger partial charge in [0.1, 0.15) is 0 Å². The molecule has 5 aromatic heterocycles. The summed E-state index contributed by atoms with van der Waals surface area (Å²) < 4.78 is 8.68. The van der Waals surface area contributed by atoms with Crippen molar-refractivity contribution in [1.82, 2.24) is 64.0 Å². The second-order valence-corrected chi connectivity index (χ2v) is 33.3. The normalized spacial score (nSPS) is 11.6. The van der Waals surface area contributed by atoms with Gasteiger partial charge in [0.25, 0.3) is 0 Å². The molecule has 0 unspecified atom stereocenters. The Morgan fingerprint density at radius 2 is 0.371 bits per heavy atom. The largest absolute Gasteiger partial charge is 0.275 e. The van der Waals surface area contributed by atoms with Crippen molar-refractivity contribution in [3.8, 4) is 136 Å². The molecule has 132 heavy (non-hydrogen) atoms. The maximum atomic E-state index is 4.85. The number of para-hydroxylation sites is 4. The Balaban J connectivity index is 0.000000107. The summed E-state index contributed by atoms with van der Waals surface area (Å²) in [5, 5.41) is 62.5. The first-order valence-corrected chi connectivity index (χ1v) is 44.3. The van der Waals surface area contributed by atoms with Crippen LogP contribution in [-0.4, -0.2) is 64.0 Å². The van der Waals surface area contributed by atoms with Crippen molar-refractivity contribution in [2.24, 2.45) is 0 Å². The van der Waals surface area contributed by atoms with Gasteiger partial charge in [-0.05, 0) is 210 Å². The fourth-order valence-electron chi connectivity index (χ4n) is 19.8. The average molecular weight is 1690 g/mol. The summed E-state index contributed by atoms with van der Waals surface area (Å²) in [6.45, 7) is 0. The molecule has 0 amide bonds. The highest BCUT2D eigenvalue weighted by Gasteiger charge is 2.28. The van der Waals surface area contributed by atoms with Crippen molar-refractivity contribution >= 4 is 108 Å². The van der Waals surface area contributed by atoms with Crippen LogP contribution in [0.3, 0.4) is 0 Å². The Bertz CT molecular complexity index is 8780. The number of fused-ring (bicyclic) bond motifs is 1. The molecule has 616 valence electrons. The van der Waals surface area contributed by atoms with Gasteiger partial charge in [-0.15, -0.1) is 40.8 Å². The molecule has 0 bridgehead atoms. The molecule has 0 aliphatic rings. The lowest BCUT2D eigenvalue weighted by Gasteiger charge is -2.17. The SMILES string of the molecule is c1ccc(-c2nnc(-c3ccc4ccc5c(-c6ccc7ccccc7c6)ccc6ccc3c4c65)n2-c2ccccc2)cc1.c1ccc(-c2nnc(-c3ccc4ccc5c(-c6ccccn6)ccc6ccc3c4c65)n2-c2ccccc2)cc1.c1ccc(-c2nnc(-c3ccc4ccc5c(-c6nnc(-c7ccccc7)n6-c6ccccc6)ccc6ccc3c4c65)n2-c2ccccc2)cc1. The van der Waals surface area contributed by atoms with Gasteiger partial charge in [0.2, 0.25) is 0 Å². The first-order chi connectivity index (χ1) is 65.5. The quantitative estimate of drug-likeness (QED) is 0.0975. The van der Waals surface area contributed by atoms with E-state index in [1.54, 1.807) is 0 Å². The molecule has 0 atom stereocenters. The monoisotopic (exact) mass is 1690 g/mol. The highest BCUT2D eigenvalue weighted by molar-refractivity contribution is 6.30. The molecule has 0 N–H and O–H groups in total. The summed E-state index contributed by atoms with van der Waals surface area (Å²) in [4.78, 5) is 4.65. The van der Waals surface area contributed by atoms with E-state index in [2.05, 4.69) is 363 Å². The van der Waals surface area contributed by atoms with E-state index in [0.29, 0.717) is 0 Å². The Morgan fingerprint density at radius 3 is 0.667 bits per heavy atom. The summed E-state index contributed by atoms with van der Waals surface area (Å²) in [5.41, 5.74) is 16.9. The van der Waals surface area contributed by atoms with E-state index >= 15 is 0 Å². The molecule has 27 aromatic rings. The molecule has 0 aliphatic carbocycles. The first-order valence-electron chi connectivity index (χ1n) is 44.3. The van der Waals surface area contributed by atoms with E-state index in [4.69, 9.17) is 40.8 Å². The van der Waals surface area contributed by atoms with Gasteiger partial charge in [-0.25, -0.2) is 0 Å². The maximum absolute atomic E-state index is 4.85. The minimum atomic E-state index is 0.796. The molecule has 0 saturated heterocycles. The molecule has 0 spiro atoms. The number of hydrogen-bond acceptors (Lipinski definition) is 9. The van der Waals surface area contributed by atoms with E-state index in [1.807, 2.05) is 115 Å². The molecular weight excluding hydrogens is 1610 g/mol. The molecule has 0 radical (unpaired) electrons. The molecule has 27 rings (SSSR count). The summed E-state index contributed by atoms with van der Waals surface area (Å²) in [5.74, 6) is 6.49. The Hall–Kier alpha value is -18.1. The average Bonchev–Trinajstić information content (AvgIpc) is 1.15. The van der Waals surface area contributed by atoms with Crippen molar-refractivity contribution in [2.45, 2.75) is 0 Å². The predicted octanol–water partition coefficient (Wildman–Crippen LogP) is 29.3. The third-order valence-electron chi connectivity index (χ3n) is 25.8. The predicted molar refractivity (Wildman–Crippen MR) is 540 cm³/mol. The van der Waals surface area contributed by atoms with Gasteiger partial charge in [0, 0.05) is 79.0 Å². The number of pyridine rings is 1. The van der Waals surface area contributed by atoms with Gasteiger partial charge in [-0.1, -0.05) is 358 Å². The number of hydrogen-bond donors (Lipinski definition) is 0. The van der Waals surface area contributed by atoms with Gasteiger partial charge in [0.15, 0.2) is 46.6 Å². The van der Waals surface area contributed by atoms with E-state index in [-0.39, 0.29) is 0 Å². The standard InChI is InChI=1S/C44H28N6.C40H25N3.C35H22N4/c1-5-13-31(14-6-1)41-45-47-43(49(41)33-17-9-3-10-18-33)37-27-23-29-22-26-36-38(28-24-30-21-25-35(37)39(29)40(30)36)44-48-46-42(32-15-7-2-8-16-32)50(44)34-19-11-4-12-20-34;1-3-10-29(11-4-1)39-41-42-40(43(39)32-13-5-2-6-14-32)36-24-20-28-18-22-34-33(21-17-27-19-23-35(36)38(28)37(27)34)31-16-15-26-9-7-8-12-30(26)25-31;1-3-9-25(10-4-1)34-37-38-35(39(34)26-11-5-2-6-12-26)30-21-17-24-15-19-28-27(31-13-7-8-22-36-31)18-14-23-16-20-29(30)33(24)32(23)28/h1-28H;1-25H;1-22H. The molecule has 0 aliphatic heterocycles. The lowest BCUT2D eigenvalue weighted by atomic mass is 9.88. The van der Waals surface area contributed by atoms with E-state index in [9.17, 15) is 0 Å². The lowest BCUT2D eigenvalue weighted by molar-refractivity contribution is 1.07. The van der Waals surface area contributed by atoms with Crippen molar-refractivity contribution in [2.75, 3.05) is 0 Å². The zero-order chi connectivity index (χ0) is 87.1. The van der Waals surface area contributed by atoms with Crippen LogP contribution in [0.1, 0.15) is 0 Å². The third-order valence-corrected chi connectivity index (χ3v) is 25.8. The van der Waals surface area contributed by atoms with Crippen LogP contribution >= 0.6 is 0 Å². The second kappa shape index (κ2) is 32.1. The van der Waals surface area contributed by atoms with Crippen LogP contribution in [-0.2, 0) is 0 Å². The van der Waals surface area contributed by atoms with Crippen molar-refractivity contribution in [1.29, 1.82) is 0 Å². The molecule has 5 heterocycles. The zero-order valence-corrected chi connectivity index (χ0v) is 71.1. The van der Waals surface area contributed by atoms with Crippen LogP contribution in [0.5, 0.6) is 0 Å². The van der Waals surface area contributed by atoms with E-state index < -0.39 is 0 Å². The highest BCUT2D eigenvalue weighted by atomic mass is 15.3. The van der Waals surface area contributed by atoms with Crippen LogP contribution in [0.15, 0.2) is 455 Å². The van der Waals surface area contributed by atoms with Crippen LogP contribution in [0, 0.1) is 0 Å². The summed E-state index contributed by atoms with van der Waals surface area (Å²) in [6, 6.07) is 157. The van der Waals surface area contributed by atoms with Gasteiger partial charge in [-0.3, -0.25) is 23.3 Å². The number of benzene rings is 22. The maximum Gasteiger partial charge on any atom is 0.169 e. The van der Waals surface area contributed by atoms with Crippen LogP contribution in [0.2, 0.25) is 0 Å². The molecule has 13 nitrogen and oxygen atoms in total. The lowest BCUT2D eigenvalue weighted by Crippen LogP contribution is -2.01. The van der Waals surface area contributed by atoms with Gasteiger partial charge >= 0.3 is 0 Å². The van der Waals surface area contributed by atoms with Crippen molar-refractivity contribution in [3.63, 3.8) is 0 Å². The van der Waals surface area contributed by atoms with Gasteiger partial charge in [0.05, 0.1) is 5.69 Å². The summed E-state index contributed by atoms with van der Waals surface area (Å²) >= 11 is 0. The number of nitrogens with zero attached hydrogens (tertiary/aromatic N) is 13. The van der Waals surface area contributed by atoms with Gasteiger partial charge < -0.3 is 0 Å². The fraction of sp³-hybridized carbons (Fsp3) is 0. The molecule has 0 fully saturated rings. The minimum absolute atomic E-state index is 0.796. The molecule has 13 heteroatoms. The Labute approximate surface area is 758 Å². The Kier molecular flexibility index (Phi) is 18.6. The summed E-state index contributed by atoms with van der Waals surface area (Å²) in [7, 11) is 0. The number of rotatable bonds is 14. The zero-order valence-electron chi connectivity index (χ0n) is 71.1. The molecular formula is C119H75N13. The molecule has 22 aromatic carbocycles. The van der Waals surface area contributed by atoms with Gasteiger partial charge in [-0.2, -0.15) is 0 Å².